The Labute approximate surface area is 162 Å². The molecular weight excluding hydrogens is 372 g/mol. The van der Waals surface area contributed by atoms with Crippen LogP contribution < -0.4 is 0 Å². The Kier molecular flexibility index (Phi) is 5.96. The summed E-state index contributed by atoms with van der Waals surface area (Å²) in [6.45, 7) is 2.92. The number of aromatic nitrogens is 1. The second-order valence-electron chi connectivity index (χ2n) is 6.25. The van der Waals surface area contributed by atoms with Gasteiger partial charge in [0.1, 0.15) is 6.10 Å². The van der Waals surface area contributed by atoms with E-state index >= 15 is 0 Å². The van der Waals surface area contributed by atoms with E-state index in [-0.39, 0.29) is 10.9 Å². The normalized spacial score (nSPS) is 23.2. The van der Waals surface area contributed by atoms with Gasteiger partial charge in [0.2, 0.25) is 0 Å². The van der Waals surface area contributed by atoms with Crippen molar-refractivity contribution in [2.24, 2.45) is 0 Å². The van der Waals surface area contributed by atoms with Crippen LogP contribution in [-0.2, 0) is 4.74 Å². The average molecular weight is 391 g/mol. The molecule has 2 heterocycles. The monoisotopic (exact) mass is 390 g/mol. The summed E-state index contributed by atoms with van der Waals surface area (Å²) >= 11 is 9.86. The first-order valence-corrected chi connectivity index (χ1v) is 10.5. The molecule has 1 aromatic heterocycles. The summed E-state index contributed by atoms with van der Waals surface area (Å²) in [5, 5.41) is 9.76. The standard InChI is InChI=1S/C19H19ClN2OS2/c1-19(25-14-5-3-4-13(8-14)11-21)6-7-23-17(10-19)18-16(20)9-15(24-2)12-22-18/h3-5,8-9,12,17H,6-7,10H2,1-2H3. The molecule has 3 nitrogen and oxygen atoms in total. The van der Waals surface area contributed by atoms with Crippen LogP contribution in [0, 0.1) is 11.3 Å². The van der Waals surface area contributed by atoms with Crippen LogP contribution in [0.25, 0.3) is 0 Å². The van der Waals surface area contributed by atoms with Gasteiger partial charge in [-0.1, -0.05) is 17.7 Å². The molecule has 1 aromatic carbocycles. The van der Waals surface area contributed by atoms with Crippen LogP contribution in [0.15, 0.2) is 46.3 Å². The van der Waals surface area contributed by atoms with Crippen LogP contribution in [0.2, 0.25) is 5.02 Å². The van der Waals surface area contributed by atoms with Crippen LogP contribution in [0.1, 0.15) is 37.1 Å². The van der Waals surface area contributed by atoms with E-state index < -0.39 is 0 Å². The second-order valence-corrected chi connectivity index (χ2v) is 9.20. The van der Waals surface area contributed by atoms with E-state index in [9.17, 15) is 0 Å². The van der Waals surface area contributed by atoms with Crippen LogP contribution in [0.4, 0.5) is 0 Å². The first-order chi connectivity index (χ1) is 12.0. The van der Waals surface area contributed by atoms with Crippen LogP contribution in [-0.4, -0.2) is 22.6 Å². The lowest BCUT2D eigenvalue weighted by Crippen LogP contribution is -2.32. The largest absolute Gasteiger partial charge is 0.372 e. The van der Waals surface area contributed by atoms with Crippen molar-refractivity contribution in [3.8, 4) is 6.07 Å². The summed E-state index contributed by atoms with van der Waals surface area (Å²) in [5.41, 5.74) is 1.51. The van der Waals surface area contributed by atoms with Crippen molar-refractivity contribution in [1.29, 1.82) is 5.26 Å². The highest BCUT2D eigenvalue weighted by Gasteiger charge is 2.36. The quantitative estimate of drug-likeness (QED) is 0.623. The molecule has 6 heteroatoms. The number of hydrogen-bond acceptors (Lipinski definition) is 5. The topological polar surface area (TPSA) is 45.9 Å². The molecule has 1 fully saturated rings. The SMILES string of the molecule is CSc1cnc(C2CC(C)(Sc3cccc(C#N)c3)CCO2)c(Cl)c1. The molecule has 0 saturated carbocycles. The molecule has 130 valence electrons. The third kappa shape index (κ3) is 4.51. The summed E-state index contributed by atoms with van der Waals surface area (Å²) in [6.07, 6.45) is 5.54. The van der Waals surface area contributed by atoms with Crippen molar-refractivity contribution >= 4 is 35.1 Å². The van der Waals surface area contributed by atoms with Gasteiger partial charge in [0.25, 0.3) is 0 Å². The molecule has 1 aliphatic heterocycles. The maximum absolute atomic E-state index is 9.09. The number of thioether (sulfide) groups is 2. The molecular formula is C19H19ClN2OS2. The number of ether oxygens (including phenoxy) is 1. The molecule has 0 aliphatic carbocycles. The van der Waals surface area contributed by atoms with Crippen molar-refractivity contribution in [1.82, 2.24) is 4.98 Å². The Morgan fingerprint density at radius 1 is 1.36 bits per heavy atom. The second kappa shape index (κ2) is 8.01. The maximum atomic E-state index is 9.09. The molecule has 2 atom stereocenters. The Morgan fingerprint density at radius 3 is 2.92 bits per heavy atom. The molecule has 0 bridgehead atoms. The van der Waals surface area contributed by atoms with E-state index in [0.29, 0.717) is 17.2 Å². The third-order valence-corrected chi connectivity index (χ3v) is 6.63. The summed E-state index contributed by atoms with van der Waals surface area (Å²) in [4.78, 5) is 6.70. The third-order valence-electron chi connectivity index (χ3n) is 4.28. The fourth-order valence-corrected chi connectivity index (χ4v) is 5.00. The molecule has 25 heavy (non-hydrogen) atoms. The molecule has 0 amide bonds. The fourth-order valence-electron chi connectivity index (χ4n) is 2.93. The van der Waals surface area contributed by atoms with Gasteiger partial charge in [0.05, 0.1) is 22.3 Å². The lowest BCUT2D eigenvalue weighted by Gasteiger charge is -2.37. The number of nitriles is 1. The number of rotatable bonds is 4. The maximum Gasteiger partial charge on any atom is 0.102 e. The lowest BCUT2D eigenvalue weighted by molar-refractivity contribution is -0.000268. The van der Waals surface area contributed by atoms with Crippen molar-refractivity contribution < 1.29 is 4.74 Å². The van der Waals surface area contributed by atoms with E-state index in [0.717, 1.165) is 28.3 Å². The Bertz CT molecular complexity index is 808. The highest BCUT2D eigenvalue weighted by Crippen LogP contribution is 2.46. The van der Waals surface area contributed by atoms with Crippen molar-refractivity contribution in [3.05, 3.63) is 52.8 Å². The minimum atomic E-state index is -0.103. The molecule has 1 saturated heterocycles. The van der Waals surface area contributed by atoms with E-state index in [4.69, 9.17) is 21.6 Å². The van der Waals surface area contributed by atoms with Gasteiger partial charge in [-0.3, -0.25) is 4.98 Å². The molecule has 0 N–H and O–H groups in total. The van der Waals surface area contributed by atoms with E-state index in [2.05, 4.69) is 24.0 Å². The van der Waals surface area contributed by atoms with Gasteiger partial charge >= 0.3 is 0 Å². The minimum Gasteiger partial charge on any atom is -0.372 e. The van der Waals surface area contributed by atoms with Gasteiger partial charge in [-0.15, -0.1) is 23.5 Å². The van der Waals surface area contributed by atoms with Crippen molar-refractivity contribution in [2.45, 2.75) is 40.4 Å². The number of hydrogen-bond donors (Lipinski definition) is 0. The highest BCUT2D eigenvalue weighted by atomic mass is 35.5. The summed E-state index contributed by atoms with van der Waals surface area (Å²) in [6, 6.07) is 11.9. The molecule has 3 rings (SSSR count). The number of halogens is 1. The van der Waals surface area contributed by atoms with E-state index in [1.165, 1.54) is 0 Å². The fraction of sp³-hybridized carbons (Fsp3) is 0.368. The predicted molar refractivity (Wildman–Crippen MR) is 104 cm³/mol. The molecule has 1 aliphatic rings. The van der Waals surface area contributed by atoms with E-state index in [1.54, 1.807) is 23.5 Å². The molecule has 2 aromatic rings. The number of pyridine rings is 1. The Hall–Kier alpha value is -1.19. The van der Waals surface area contributed by atoms with Crippen LogP contribution in [0.5, 0.6) is 0 Å². The highest BCUT2D eigenvalue weighted by molar-refractivity contribution is 8.00. The summed E-state index contributed by atoms with van der Waals surface area (Å²) in [5.74, 6) is 0. The Morgan fingerprint density at radius 2 is 2.20 bits per heavy atom. The average Bonchev–Trinajstić information content (AvgIpc) is 2.61. The minimum absolute atomic E-state index is 0.0141. The number of nitrogens with zero attached hydrogens (tertiary/aromatic N) is 2. The van der Waals surface area contributed by atoms with Crippen LogP contribution in [0.3, 0.4) is 0 Å². The zero-order valence-electron chi connectivity index (χ0n) is 14.2. The van der Waals surface area contributed by atoms with E-state index in [1.807, 2.05) is 36.7 Å². The van der Waals surface area contributed by atoms with Gasteiger partial charge in [0, 0.05) is 27.3 Å². The zero-order valence-corrected chi connectivity index (χ0v) is 16.5. The molecule has 2 unspecified atom stereocenters. The summed E-state index contributed by atoms with van der Waals surface area (Å²) in [7, 11) is 0. The molecule has 0 spiro atoms. The van der Waals surface area contributed by atoms with Gasteiger partial charge in [-0.05, 0) is 50.3 Å². The van der Waals surface area contributed by atoms with Gasteiger partial charge in [0.15, 0.2) is 0 Å². The predicted octanol–water partition coefficient (Wildman–Crippen LogP) is 5.73. The zero-order chi connectivity index (χ0) is 17.9. The Balaban J connectivity index is 1.79. The first kappa shape index (κ1) is 18.6. The van der Waals surface area contributed by atoms with Gasteiger partial charge in [-0.25, -0.2) is 0 Å². The number of benzene rings is 1. The van der Waals surface area contributed by atoms with Crippen LogP contribution >= 0.6 is 35.1 Å². The molecule has 0 radical (unpaired) electrons. The smallest absolute Gasteiger partial charge is 0.102 e. The van der Waals surface area contributed by atoms with Gasteiger partial charge in [-0.2, -0.15) is 5.26 Å². The van der Waals surface area contributed by atoms with Crippen molar-refractivity contribution in [3.63, 3.8) is 0 Å². The lowest BCUT2D eigenvalue weighted by atomic mass is 9.94. The van der Waals surface area contributed by atoms with Gasteiger partial charge < -0.3 is 4.74 Å². The first-order valence-electron chi connectivity index (χ1n) is 8.03. The van der Waals surface area contributed by atoms with Crippen molar-refractivity contribution in [2.75, 3.05) is 12.9 Å². The summed E-state index contributed by atoms with van der Waals surface area (Å²) < 4.78 is 5.99.